The molecule has 0 radical (unpaired) electrons. The van der Waals surface area contributed by atoms with Gasteiger partial charge in [0.2, 0.25) is 0 Å². The van der Waals surface area contributed by atoms with Crippen molar-refractivity contribution in [1.29, 1.82) is 0 Å². The van der Waals surface area contributed by atoms with Crippen molar-refractivity contribution in [2.24, 2.45) is 11.8 Å². The standard InChI is InChI=1S/C12H22N2/c1-2-11-8-13-9-12(11)14(6-1)7-5-10-3-4-10/h10-13H,1-9H2. The lowest BCUT2D eigenvalue weighted by Gasteiger charge is -2.37. The lowest BCUT2D eigenvalue weighted by Crippen LogP contribution is -2.45. The predicted octanol–water partition coefficient (Wildman–Crippen LogP) is 1.47. The fraction of sp³-hybridized carbons (Fsp3) is 1.00. The fourth-order valence-electron chi connectivity index (χ4n) is 3.20. The molecule has 14 heavy (non-hydrogen) atoms. The van der Waals surface area contributed by atoms with Gasteiger partial charge in [-0.1, -0.05) is 12.8 Å². The zero-order chi connectivity index (χ0) is 9.38. The molecule has 1 aliphatic carbocycles. The SMILES string of the molecule is C1CC2CNCC2N(CCC2CC2)C1. The molecule has 0 bridgehead atoms. The van der Waals surface area contributed by atoms with Crippen molar-refractivity contribution in [3.63, 3.8) is 0 Å². The van der Waals surface area contributed by atoms with E-state index in [9.17, 15) is 0 Å². The number of nitrogens with zero attached hydrogens (tertiary/aromatic N) is 1. The quantitative estimate of drug-likeness (QED) is 0.732. The summed E-state index contributed by atoms with van der Waals surface area (Å²) in [5.74, 6) is 2.08. The van der Waals surface area contributed by atoms with Crippen molar-refractivity contribution in [3.05, 3.63) is 0 Å². The number of likely N-dealkylation sites (tertiary alicyclic amines) is 1. The highest BCUT2D eigenvalue weighted by Gasteiger charge is 2.35. The molecule has 0 aromatic rings. The van der Waals surface area contributed by atoms with Gasteiger partial charge in [0.1, 0.15) is 0 Å². The van der Waals surface area contributed by atoms with E-state index in [1.54, 1.807) is 0 Å². The van der Waals surface area contributed by atoms with E-state index in [0.29, 0.717) is 0 Å². The predicted molar refractivity (Wildman–Crippen MR) is 58.3 cm³/mol. The zero-order valence-electron chi connectivity index (χ0n) is 9.04. The van der Waals surface area contributed by atoms with Crippen molar-refractivity contribution in [2.75, 3.05) is 26.2 Å². The van der Waals surface area contributed by atoms with Crippen molar-refractivity contribution in [3.8, 4) is 0 Å². The van der Waals surface area contributed by atoms with E-state index >= 15 is 0 Å². The topological polar surface area (TPSA) is 15.3 Å². The normalized spacial score (nSPS) is 38.6. The summed E-state index contributed by atoms with van der Waals surface area (Å²) in [4.78, 5) is 2.77. The summed E-state index contributed by atoms with van der Waals surface area (Å²) in [7, 11) is 0. The first kappa shape index (κ1) is 9.17. The van der Waals surface area contributed by atoms with Crippen LogP contribution in [-0.2, 0) is 0 Å². The average molecular weight is 194 g/mol. The molecule has 0 amide bonds. The van der Waals surface area contributed by atoms with Crippen molar-refractivity contribution in [1.82, 2.24) is 10.2 Å². The first-order valence-electron chi connectivity index (χ1n) is 6.38. The molecule has 2 nitrogen and oxygen atoms in total. The number of hydrogen-bond donors (Lipinski definition) is 1. The number of hydrogen-bond acceptors (Lipinski definition) is 2. The van der Waals surface area contributed by atoms with Gasteiger partial charge in [-0.05, 0) is 50.7 Å². The lowest BCUT2D eigenvalue weighted by atomic mass is 9.92. The molecule has 0 spiro atoms. The third-order valence-electron chi connectivity index (χ3n) is 4.31. The first-order chi connectivity index (χ1) is 6.93. The summed E-state index contributed by atoms with van der Waals surface area (Å²) >= 11 is 0. The molecule has 3 rings (SSSR count). The van der Waals surface area contributed by atoms with Crippen LogP contribution < -0.4 is 5.32 Å². The summed E-state index contributed by atoms with van der Waals surface area (Å²) in [6.45, 7) is 5.29. The third kappa shape index (κ3) is 1.82. The molecular weight excluding hydrogens is 172 g/mol. The highest BCUT2D eigenvalue weighted by Crippen LogP contribution is 2.34. The molecule has 2 atom stereocenters. The Morgan fingerprint density at radius 2 is 2.07 bits per heavy atom. The van der Waals surface area contributed by atoms with Crippen molar-refractivity contribution < 1.29 is 0 Å². The third-order valence-corrected chi connectivity index (χ3v) is 4.31. The van der Waals surface area contributed by atoms with Gasteiger partial charge in [0.05, 0.1) is 0 Å². The largest absolute Gasteiger partial charge is 0.315 e. The Morgan fingerprint density at radius 3 is 2.93 bits per heavy atom. The van der Waals surface area contributed by atoms with Crippen molar-refractivity contribution >= 4 is 0 Å². The average Bonchev–Trinajstić information content (AvgIpc) is 2.91. The first-order valence-corrected chi connectivity index (χ1v) is 6.38. The van der Waals surface area contributed by atoms with Crippen LogP contribution >= 0.6 is 0 Å². The number of rotatable bonds is 3. The second-order valence-corrected chi connectivity index (χ2v) is 5.40. The molecule has 80 valence electrons. The monoisotopic (exact) mass is 194 g/mol. The molecular formula is C12H22N2. The summed E-state index contributed by atoms with van der Waals surface area (Å²) in [6.07, 6.45) is 7.41. The number of nitrogens with one attached hydrogen (secondary N) is 1. The van der Waals surface area contributed by atoms with E-state index < -0.39 is 0 Å². The van der Waals surface area contributed by atoms with Crippen LogP contribution in [0, 0.1) is 11.8 Å². The molecule has 3 aliphatic rings. The Labute approximate surface area is 87.0 Å². The van der Waals surface area contributed by atoms with E-state index in [0.717, 1.165) is 17.9 Å². The Bertz CT molecular complexity index is 200. The van der Waals surface area contributed by atoms with Crippen LogP contribution in [0.3, 0.4) is 0 Å². The molecule has 2 heteroatoms. The van der Waals surface area contributed by atoms with Gasteiger partial charge in [-0.15, -0.1) is 0 Å². The van der Waals surface area contributed by atoms with Gasteiger partial charge in [0.25, 0.3) is 0 Å². The molecule has 3 fully saturated rings. The van der Waals surface area contributed by atoms with Gasteiger partial charge in [-0.2, -0.15) is 0 Å². The van der Waals surface area contributed by atoms with Gasteiger partial charge >= 0.3 is 0 Å². The summed E-state index contributed by atoms with van der Waals surface area (Å²) in [5, 5.41) is 3.56. The summed E-state index contributed by atoms with van der Waals surface area (Å²) in [6, 6.07) is 0.891. The second-order valence-electron chi connectivity index (χ2n) is 5.40. The Morgan fingerprint density at radius 1 is 1.14 bits per heavy atom. The minimum absolute atomic E-state index is 0.891. The number of fused-ring (bicyclic) bond motifs is 1. The van der Waals surface area contributed by atoms with Gasteiger partial charge in [-0.3, -0.25) is 4.90 Å². The minimum Gasteiger partial charge on any atom is -0.315 e. The van der Waals surface area contributed by atoms with Gasteiger partial charge in [0, 0.05) is 12.6 Å². The van der Waals surface area contributed by atoms with Crippen LogP contribution in [0.15, 0.2) is 0 Å². The van der Waals surface area contributed by atoms with E-state index in [-0.39, 0.29) is 0 Å². The fourth-order valence-corrected chi connectivity index (χ4v) is 3.20. The van der Waals surface area contributed by atoms with Crippen LogP contribution in [0.2, 0.25) is 0 Å². The van der Waals surface area contributed by atoms with Gasteiger partial charge < -0.3 is 5.32 Å². The Hall–Kier alpha value is -0.0800. The highest BCUT2D eigenvalue weighted by atomic mass is 15.2. The lowest BCUT2D eigenvalue weighted by molar-refractivity contribution is 0.122. The maximum absolute atomic E-state index is 3.56. The molecule has 0 aromatic carbocycles. The van der Waals surface area contributed by atoms with Crippen LogP contribution in [-0.4, -0.2) is 37.1 Å². The van der Waals surface area contributed by atoms with Gasteiger partial charge in [0.15, 0.2) is 0 Å². The van der Waals surface area contributed by atoms with E-state index in [4.69, 9.17) is 0 Å². The zero-order valence-corrected chi connectivity index (χ0v) is 9.04. The minimum atomic E-state index is 0.891. The maximum atomic E-state index is 3.56. The molecule has 2 saturated heterocycles. The molecule has 1 saturated carbocycles. The number of piperidine rings is 1. The highest BCUT2D eigenvalue weighted by molar-refractivity contribution is 4.92. The second kappa shape index (κ2) is 3.82. The van der Waals surface area contributed by atoms with Crippen LogP contribution in [0.1, 0.15) is 32.1 Å². The smallest absolute Gasteiger partial charge is 0.0260 e. The molecule has 0 aromatic heterocycles. The summed E-state index contributed by atoms with van der Waals surface area (Å²) < 4.78 is 0. The van der Waals surface area contributed by atoms with E-state index in [1.165, 1.54) is 58.3 Å². The maximum Gasteiger partial charge on any atom is 0.0260 e. The van der Waals surface area contributed by atoms with E-state index in [2.05, 4.69) is 10.2 Å². The Balaban J connectivity index is 1.54. The summed E-state index contributed by atoms with van der Waals surface area (Å²) in [5.41, 5.74) is 0. The molecule has 2 aliphatic heterocycles. The van der Waals surface area contributed by atoms with E-state index in [1.807, 2.05) is 0 Å². The molecule has 2 unspecified atom stereocenters. The molecule has 2 heterocycles. The van der Waals surface area contributed by atoms with Crippen LogP contribution in [0.25, 0.3) is 0 Å². The van der Waals surface area contributed by atoms with Crippen LogP contribution in [0.4, 0.5) is 0 Å². The molecule has 1 N–H and O–H groups in total. The van der Waals surface area contributed by atoms with Crippen LogP contribution in [0.5, 0.6) is 0 Å². The Kier molecular flexibility index (Phi) is 2.50. The van der Waals surface area contributed by atoms with Crippen molar-refractivity contribution in [2.45, 2.75) is 38.1 Å². The van der Waals surface area contributed by atoms with Gasteiger partial charge in [-0.25, -0.2) is 0 Å².